The van der Waals surface area contributed by atoms with Crippen LogP contribution in [0.5, 0.6) is 5.75 Å². The highest BCUT2D eigenvalue weighted by molar-refractivity contribution is 6.10. The summed E-state index contributed by atoms with van der Waals surface area (Å²) >= 11 is 0. The van der Waals surface area contributed by atoms with Gasteiger partial charge in [-0.3, -0.25) is 19.3 Å². The molecule has 0 aliphatic carbocycles. The molecule has 0 spiro atoms. The topological polar surface area (TPSA) is 79.0 Å². The van der Waals surface area contributed by atoms with Gasteiger partial charge in [-0.15, -0.1) is 0 Å². The van der Waals surface area contributed by atoms with Gasteiger partial charge in [-0.1, -0.05) is 54.6 Å². The summed E-state index contributed by atoms with van der Waals surface area (Å²) < 4.78 is 5.95. The molecule has 0 radical (unpaired) electrons. The molecule has 3 amide bonds. The summed E-state index contributed by atoms with van der Waals surface area (Å²) in [7, 11) is 0. The fourth-order valence-corrected chi connectivity index (χ4v) is 5.09. The van der Waals surface area contributed by atoms with Gasteiger partial charge < -0.3 is 15.0 Å². The number of rotatable bonds is 8. The standard InChI is InChI=1S/C29H29N3O4/c1-29-18-15-27(34)32(29)24-13-7-5-11-22(24)28(35)31(29)19-16-26(33)30-23-12-6-8-14-25(23)36-20-17-21-9-3-2-4-10-21/h2-14H,15-20H2,1H3,(H,30,33). The Labute approximate surface area is 210 Å². The van der Waals surface area contributed by atoms with Gasteiger partial charge in [0.25, 0.3) is 5.91 Å². The normalized spacial score (nSPS) is 18.6. The van der Waals surface area contributed by atoms with Crippen LogP contribution in [0.25, 0.3) is 0 Å². The maximum atomic E-state index is 13.4. The van der Waals surface area contributed by atoms with Gasteiger partial charge in [0.2, 0.25) is 11.8 Å². The molecule has 1 fully saturated rings. The Hall–Kier alpha value is -4.13. The third-order valence-corrected chi connectivity index (χ3v) is 6.96. The second-order valence-electron chi connectivity index (χ2n) is 9.30. The van der Waals surface area contributed by atoms with Crippen LogP contribution in [0, 0.1) is 0 Å². The second kappa shape index (κ2) is 9.85. The third-order valence-electron chi connectivity index (χ3n) is 6.96. The highest BCUT2D eigenvalue weighted by Crippen LogP contribution is 2.44. The average molecular weight is 484 g/mol. The van der Waals surface area contributed by atoms with Crippen molar-refractivity contribution in [2.24, 2.45) is 0 Å². The van der Waals surface area contributed by atoms with Crippen molar-refractivity contribution in [2.45, 2.75) is 38.3 Å². The molecule has 0 bridgehead atoms. The number of para-hydroxylation sites is 3. The minimum absolute atomic E-state index is 0.00604. The number of carbonyl (C=O) groups excluding carboxylic acids is 3. The van der Waals surface area contributed by atoms with Crippen LogP contribution in [-0.2, 0) is 16.0 Å². The first-order chi connectivity index (χ1) is 17.5. The number of hydrogen-bond donors (Lipinski definition) is 1. The lowest BCUT2D eigenvalue weighted by Crippen LogP contribution is -2.62. The summed E-state index contributed by atoms with van der Waals surface area (Å²) in [6.45, 7) is 2.59. The van der Waals surface area contributed by atoms with Crippen molar-refractivity contribution in [3.63, 3.8) is 0 Å². The molecule has 2 aliphatic heterocycles. The molecule has 7 nitrogen and oxygen atoms in total. The Kier molecular flexibility index (Phi) is 6.46. The van der Waals surface area contributed by atoms with E-state index >= 15 is 0 Å². The summed E-state index contributed by atoms with van der Waals surface area (Å²) in [6.07, 6.45) is 1.76. The van der Waals surface area contributed by atoms with E-state index in [0.29, 0.717) is 42.1 Å². The highest BCUT2D eigenvalue weighted by Gasteiger charge is 2.52. The molecular formula is C29H29N3O4. The molecule has 7 heteroatoms. The van der Waals surface area contributed by atoms with Crippen LogP contribution in [0.3, 0.4) is 0 Å². The van der Waals surface area contributed by atoms with E-state index in [1.807, 2.05) is 55.5 Å². The van der Waals surface area contributed by atoms with Crippen LogP contribution in [0.1, 0.15) is 42.1 Å². The van der Waals surface area contributed by atoms with Crippen molar-refractivity contribution in [1.29, 1.82) is 0 Å². The van der Waals surface area contributed by atoms with Crippen LogP contribution in [0.15, 0.2) is 78.9 Å². The fraction of sp³-hybridized carbons (Fsp3) is 0.276. The quantitative estimate of drug-likeness (QED) is 0.507. The van der Waals surface area contributed by atoms with Gasteiger partial charge in [0.15, 0.2) is 0 Å². The molecule has 1 saturated heterocycles. The Bertz CT molecular complexity index is 1290. The number of carbonyl (C=O) groups is 3. The van der Waals surface area contributed by atoms with E-state index in [0.717, 1.165) is 6.42 Å². The van der Waals surface area contributed by atoms with Crippen molar-refractivity contribution in [3.05, 3.63) is 90.0 Å². The van der Waals surface area contributed by atoms with Crippen molar-refractivity contribution in [2.75, 3.05) is 23.4 Å². The van der Waals surface area contributed by atoms with E-state index in [9.17, 15) is 14.4 Å². The molecule has 2 heterocycles. The Morgan fingerprint density at radius 3 is 2.53 bits per heavy atom. The molecule has 1 atom stereocenters. The summed E-state index contributed by atoms with van der Waals surface area (Å²) in [5.41, 5.74) is 2.13. The van der Waals surface area contributed by atoms with E-state index in [1.54, 1.807) is 28.0 Å². The predicted octanol–water partition coefficient (Wildman–Crippen LogP) is 4.64. The van der Waals surface area contributed by atoms with Crippen molar-refractivity contribution >= 4 is 29.1 Å². The van der Waals surface area contributed by atoms with Gasteiger partial charge in [0.1, 0.15) is 11.4 Å². The van der Waals surface area contributed by atoms with Gasteiger partial charge in [0.05, 0.1) is 23.5 Å². The monoisotopic (exact) mass is 483 g/mol. The smallest absolute Gasteiger partial charge is 0.257 e. The zero-order valence-corrected chi connectivity index (χ0v) is 20.3. The van der Waals surface area contributed by atoms with Crippen LogP contribution >= 0.6 is 0 Å². The van der Waals surface area contributed by atoms with Crippen LogP contribution in [0.4, 0.5) is 11.4 Å². The molecule has 0 aromatic heterocycles. The molecule has 0 saturated carbocycles. The number of nitrogens with zero attached hydrogens (tertiary/aromatic N) is 2. The van der Waals surface area contributed by atoms with Crippen LogP contribution < -0.4 is 15.0 Å². The minimum atomic E-state index is -0.777. The van der Waals surface area contributed by atoms with Gasteiger partial charge in [-0.2, -0.15) is 0 Å². The predicted molar refractivity (Wildman–Crippen MR) is 138 cm³/mol. The van der Waals surface area contributed by atoms with Gasteiger partial charge in [0, 0.05) is 25.8 Å². The van der Waals surface area contributed by atoms with E-state index < -0.39 is 5.66 Å². The Morgan fingerprint density at radius 2 is 1.69 bits per heavy atom. The van der Waals surface area contributed by atoms with E-state index in [2.05, 4.69) is 17.4 Å². The Morgan fingerprint density at radius 1 is 0.972 bits per heavy atom. The minimum Gasteiger partial charge on any atom is -0.491 e. The average Bonchev–Trinajstić information content (AvgIpc) is 3.20. The zero-order valence-electron chi connectivity index (χ0n) is 20.3. The number of hydrogen-bond acceptors (Lipinski definition) is 4. The van der Waals surface area contributed by atoms with Gasteiger partial charge in [-0.05, 0) is 43.2 Å². The Balaban J connectivity index is 1.24. The van der Waals surface area contributed by atoms with Gasteiger partial charge in [-0.25, -0.2) is 0 Å². The molecule has 1 N–H and O–H groups in total. The maximum absolute atomic E-state index is 13.4. The van der Waals surface area contributed by atoms with Crippen molar-refractivity contribution in [1.82, 2.24) is 4.90 Å². The number of benzene rings is 3. The first-order valence-corrected chi connectivity index (χ1v) is 12.3. The molecule has 36 heavy (non-hydrogen) atoms. The number of amides is 3. The molecule has 3 aromatic carbocycles. The molecule has 3 aromatic rings. The van der Waals surface area contributed by atoms with Crippen LogP contribution in [-0.4, -0.2) is 41.4 Å². The zero-order chi connectivity index (χ0) is 25.1. The summed E-state index contributed by atoms with van der Waals surface area (Å²) in [5, 5.41) is 2.93. The van der Waals surface area contributed by atoms with E-state index in [1.165, 1.54) is 5.56 Å². The first-order valence-electron chi connectivity index (χ1n) is 12.3. The summed E-state index contributed by atoms with van der Waals surface area (Å²) in [6, 6.07) is 24.6. The molecular weight excluding hydrogens is 454 g/mol. The van der Waals surface area contributed by atoms with Crippen molar-refractivity contribution in [3.8, 4) is 5.75 Å². The SMILES string of the molecule is CC12CCC(=O)N1c1ccccc1C(=O)N2CCC(=O)Nc1ccccc1OCCc1ccccc1. The third kappa shape index (κ3) is 4.44. The van der Waals surface area contributed by atoms with E-state index in [-0.39, 0.29) is 30.7 Å². The second-order valence-corrected chi connectivity index (χ2v) is 9.30. The highest BCUT2D eigenvalue weighted by atomic mass is 16.5. The summed E-state index contributed by atoms with van der Waals surface area (Å²) in [5.74, 6) is 0.217. The van der Waals surface area contributed by atoms with E-state index in [4.69, 9.17) is 4.74 Å². The number of ether oxygens (including phenoxy) is 1. The maximum Gasteiger partial charge on any atom is 0.257 e. The van der Waals surface area contributed by atoms with Crippen molar-refractivity contribution < 1.29 is 19.1 Å². The lowest BCUT2D eigenvalue weighted by Gasteiger charge is -2.48. The first kappa shape index (κ1) is 23.6. The fourth-order valence-electron chi connectivity index (χ4n) is 5.09. The van der Waals surface area contributed by atoms with Gasteiger partial charge >= 0.3 is 0 Å². The lowest BCUT2D eigenvalue weighted by atomic mass is 9.98. The largest absolute Gasteiger partial charge is 0.491 e. The lowest BCUT2D eigenvalue weighted by molar-refractivity contribution is -0.117. The van der Waals surface area contributed by atoms with Crippen LogP contribution in [0.2, 0.25) is 0 Å². The number of nitrogens with one attached hydrogen (secondary N) is 1. The molecule has 1 unspecified atom stereocenters. The number of fused-ring (bicyclic) bond motifs is 3. The summed E-state index contributed by atoms with van der Waals surface area (Å²) in [4.78, 5) is 42.4. The molecule has 184 valence electrons. The number of anilines is 2. The molecule has 2 aliphatic rings. The molecule has 5 rings (SSSR count).